The lowest BCUT2D eigenvalue weighted by atomic mass is 9.99. The summed E-state index contributed by atoms with van der Waals surface area (Å²) in [5.74, 6) is -1.15. The van der Waals surface area contributed by atoms with Crippen LogP contribution in [0.15, 0.2) is 29.6 Å². The topological polar surface area (TPSA) is 71.5 Å². The second kappa shape index (κ2) is 6.96. The Hall–Kier alpha value is -2.48. The van der Waals surface area contributed by atoms with Crippen molar-refractivity contribution in [1.82, 2.24) is 9.88 Å². The van der Waals surface area contributed by atoms with Gasteiger partial charge in [-0.15, -0.1) is 11.3 Å². The van der Waals surface area contributed by atoms with Crippen LogP contribution in [0.3, 0.4) is 0 Å². The third kappa shape index (κ3) is 3.70. The number of para-hydroxylation sites is 1. The molecule has 1 aromatic carbocycles. The summed E-state index contributed by atoms with van der Waals surface area (Å²) in [4.78, 5) is 29.7. The average molecular weight is 349 g/mol. The summed E-state index contributed by atoms with van der Waals surface area (Å²) in [6.07, 6.45) is 0. The van der Waals surface area contributed by atoms with E-state index in [1.807, 2.05) is 12.3 Å². The van der Waals surface area contributed by atoms with E-state index in [1.54, 1.807) is 12.1 Å². The molecule has 1 fully saturated rings. The van der Waals surface area contributed by atoms with Crippen molar-refractivity contribution in [3.8, 4) is 5.75 Å². The van der Waals surface area contributed by atoms with Crippen molar-refractivity contribution in [1.29, 1.82) is 0 Å². The Morgan fingerprint density at radius 1 is 1.42 bits per heavy atom. The summed E-state index contributed by atoms with van der Waals surface area (Å²) in [6, 6.07) is 5.91. The third-order valence-corrected chi connectivity index (χ3v) is 4.52. The van der Waals surface area contributed by atoms with Gasteiger partial charge in [-0.3, -0.25) is 9.59 Å². The van der Waals surface area contributed by atoms with Crippen LogP contribution in [0.2, 0.25) is 0 Å². The van der Waals surface area contributed by atoms with Gasteiger partial charge < -0.3 is 15.0 Å². The second-order valence-corrected chi connectivity index (χ2v) is 6.36. The van der Waals surface area contributed by atoms with Crippen molar-refractivity contribution in [3.63, 3.8) is 0 Å². The first kappa shape index (κ1) is 16.4. The van der Waals surface area contributed by atoms with E-state index in [0.717, 1.165) is 5.69 Å². The van der Waals surface area contributed by atoms with Gasteiger partial charge in [0.15, 0.2) is 23.3 Å². The Labute approximate surface area is 142 Å². The minimum Gasteiger partial charge on any atom is -0.481 e. The molecular formula is C16H16FN3O3S. The third-order valence-electron chi connectivity index (χ3n) is 3.64. The van der Waals surface area contributed by atoms with Gasteiger partial charge in [-0.2, -0.15) is 0 Å². The van der Waals surface area contributed by atoms with Crippen molar-refractivity contribution in [3.05, 3.63) is 41.2 Å². The molecule has 3 rings (SSSR count). The molecule has 0 aliphatic carbocycles. The number of ether oxygens (including phenoxy) is 1. The highest BCUT2D eigenvalue weighted by molar-refractivity contribution is 7.13. The maximum absolute atomic E-state index is 13.4. The molecule has 1 saturated heterocycles. The molecule has 2 heterocycles. The van der Waals surface area contributed by atoms with Crippen molar-refractivity contribution < 1.29 is 18.7 Å². The van der Waals surface area contributed by atoms with E-state index in [-0.39, 0.29) is 30.1 Å². The predicted molar refractivity (Wildman–Crippen MR) is 87.4 cm³/mol. The molecule has 1 N–H and O–H groups in total. The number of rotatable bonds is 5. The maximum atomic E-state index is 13.4. The number of aryl methyl sites for hydroxylation is 1. The first-order valence-electron chi connectivity index (χ1n) is 7.41. The molecule has 0 atom stereocenters. The second-order valence-electron chi connectivity index (χ2n) is 5.50. The highest BCUT2D eigenvalue weighted by Gasteiger charge is 2.36. The number of nitrogens with zero attached hydrogens (tertiary/aromatic N) is 2. The van der Waals surface area contributed by atoms with Gasteiger partial charge in [-0.1, -0.05) is 12.1 Å². The zero-order valence-corrected chi connectivity index (χ0v) is 13.8. The van der Waals surface area contributed by atoms with Crippen LogP contribution in [0.5, 0.6) is 5.75 Å². The van der Waals surface area contributed by atoms with E-state index in [9.17, 15) is 14.0 Å². The maximum Gasteiger partial charge on any atom is 0.260 e. The molecule has 24 heavy (non-hydrogen) atoms. The monoisotopic (exact) mass is 349 g/mol. The molecule has 1 aromatic heterocycles. The zero-order valence-electron chi connectivity index (χ0n) is 13.0. The lowest BCUT2D eigenvalue weighted by Crippen LogP contribution is -2.55. The summed E-state index contributed by atoms with van der Waals surface area (Å²) in [5.41, 5.74) is 0.853. The number of amides is 2. The quantitative estimate of drug-likeness (QED) is 0.897. The van der Waals surface area contributed by atoms with E-state index in [1.165, 1.54) is 28.4 Å². The fraction of sp³-hybridized carbons (Fsp3) is 0.312. The van der Waals surface area contributed by atoms with Crippen molar-refractivity contribution in [2.75, 3.05) is 25.0 Å². The summed E-state index contributed by atoms with van der Waals surface area (Å²) in [7, 11) is 0. The fourth-order valence-electron chi connectivity index (χ4n) is 2.26. The van der Waals surface area contributed by atoms with Crippen LogP contribution in [-0.4, -0.2) is 41.4 Å². The Morgan fingerprint density at radius 2 is 2.17 bits per heavy atom. The van der Waals surface area contributed by atoms with E-state index in [4.69, 9.17) is 4.74 Å². The first-order chi connectivity index (χ1) is 11.5. The van der Waals surface area contributed by atoms with Gasteiger partial charge in [-0.05, 0) is 19.1 Å². The average Bonchev–Trinajstić information content (AvgIpc) is 2.90. The fourth-order valence-corrected chi connectivity index (χ4v) is 2.95. The molecule has 126 valence electrons. The molecule has 0 saturated carbocycles. The van der Waals surface area contributed by atoms with E-state index < -0.39 is 5.82 Å². The highest BCUT2D eigenvalue weighted by atomic mass is 32.1. The molecule has 0 unspecified atom stereocenters. The smallest absolute Gasteiger partial charge is 0.260 e. The summed E-state index contributed by atoms with van der Waals surface area (Å²) in [6.45, 7) is 2.26. The summed E-state index contributed by atoms with van der Waals surface area (Å²) >= 11 is 1.36. The number of aromatic nitrogens is 1. The molecule has 2 aromatic rings. The zero-order chi connectivity index (χ0) is 17.1. The van der Waals surface area contributed by atoms with Crippen molar-refractivity contribution >= 4 is 28.3 Å². The largest absolute Gasteiger partial charge is 0.481 e. The molecule has 0 spiro atoms. The van der Waals surface area contributed by atoms with Gasteiger partial charge >= 0.3 is 0 Å². The number of anilines is 1. The number of hydrogen-bond acceptors (Lipinski definition) is 5. The number of nitrogens with one attached hydrogen (secondary N) is 1. The van der Waals surface area contributed by atoms with E-state index >= 15 is 0 Å². The SMILES string of the molecule is Cc1csc(NC(=O)C2CN(C(=O)COc3ccccc3F)C2)n1. The molecule has 1 aliphatic rings. The molecule has 8 heteroatoms. The number of carbonyl (C=O) groups excluding carboxylic acids is 2. The number of carbonyl (C=O) groups is 2. The van der Waals surface area contributed by atoms with Gasteiger partial charge in [0, 0.05) is 18.5 Å². The van der Waals surface area contributed by atoms with E-state index in [2.05, 4.69) is 10.3 Å². The number of likely N-dealkylation sites (tertiary alicyclic amines) is 1. The van der Waals surface area contributed by atoms with Crippen molar-refractivity contribution in [2.24, 2.45) is 5.92 Å². The van der Waals surface area contributed by atoms with E-state index in [0.29, 0.717) is 18.2 Å². The van der Waals surface area contributed by atoms with Crippen LogP contribution in [0.25, 0.3) is 0 Å². The summed E-state index contributed by atoms with van der Waals surface area (Å²) in [5, 5.41) is 5.15. The van der Waals surface area contributed by atoms with Gasteiger partial charge in [0.1, 0.15) is 0 Å². The van der Waals surface area contributed by atoms with Crippen LogP contribution in [0.1, 0.15) is 5.69 Å². The Balaban J connectivity index is 1.43. The van der Waals surface area contributed by atoms with Crippen LogP contribution in [-0.2, 0) is 9.59 Å². The Kier molecular flexibility index (Phi) is 4.75. The summed E-state index contributed by atoms with van der Waals surface area (Å²) < 4.78 is 18.6. The Bertz CT molecular complexity index is 759. The van der Waals surface area contributed by atoms with Crippen LogP contribution < -0.4 is 10.1 Å². The molecule has 0 radical (unpaired) electrons. The lowest BCUT2D eigenvalue weighted by Gasteiger charge is -2.37. The van der Waals surface area contributed by atoms with Gasteiger partial charge in [0.05, 0.1) is 11.6 Å². The molecule has 1 aliphatic heterocycles. The number of hydrogen-bond donors (Lipinski definition) is 1. The minimum absolute atomic E-state index is 0.0415. The van der Waals surface area contributed by atoms with Crippen LogP contribution >= 0.6 is 11.3 Å². The highest BCUT2D eigenvalue weighted by Crippen LogP contribution is 2.21. The van der Waals surface area contributed by atoms with Crippen molar-refractivity contribution in [2.45, 2.75) is 6.92 Å². The lowest BCUT2D eigenvalue weighted by molar-refractivity contribution is -0.143. The van der Waals surface area contributed by atoms with Gasteiger partial charge in [-0.25, -0.2) is 9.37 Å². The normalized spacial score (nSPS) is 14.2. The number of thiazole rings is 1. The first-order valence-corrected chi connectivity index (χ1v) is 8.29. The van der Waals surface area contributed by atoms with Gasteiger partial charge in [0.2, 0.25) is 5.91 Å². The van der Waals surface area contributed by atoms with Gasteiger partial charge in [0.25, 0.3) is 5.91 Å². The molecule has 2 amide bonds. The molecular weight excluding hydrogens is 333 g/mol. The molecule has 6 nitrogen and oxygen atoms in total. The number of benzene rings is 1. The Morgan fingerprint density at radius 3 is 2.83 bits per heavy atom. The minimum atomic E-state index is -0.509. The standard InChI is InChI=1S/C16H16FN3O3S/c1-10-9-24-16(18-10)19-15(22)11-6-20(7-11)14(21)8-23-13-5-3-2-4-12(13)17/h2-5,9,11H,6-8H2,1H3,(H,18,19,22). The molecule has 0 bridgehead atoms. The van der Waals surface area contributed by atoms with Crippen LogP contribution in [0, 0.1) is 18.7 Å². The van der Waals surface area contributed by atoms with Crippen LogP contribution in [0.4, 0.5) is 9.52 Å². The predicted octanol–water partition coefficient (Wildman–Crippen LogP) is 2.07. The number of halogens is 1.